The van der Waals surface area contributed by atoms with Gasteiger partial charge >= 0.3 is 0 Å². The quantitative estimate of drug-likeness (QED) is 0.754. The Balaban J connectivity index is 1.80. The predicted molar refractivity (Wildman–Crippen MR) is 92.9 cm³/mol. The smallest absolute Gasteiger partial charge is 0.267 e. The SMILES string of the molecule is COc1ccc(-c2csc(NC(=O)c3cccs3)n2)cc1OC. The fourth-order valence-corrected chi connectivity index (χ4v) is 3.36. The molecule has 3 rings (SSSR count). The Morgan fingerprint density at radius 1 is 1.13 bits per heavy atom. The second-order valence-electron chi connectivity index (χ2n) is 4.54. The molecule has 0 aliphatic carbocycles. The van der Waals surface area contributed by atoms with Crippen molar-refractivity contribution in [1.29, 1.82) is 0 Å². The van der Waals surface area contributed by atoms with Crippen molar-refractivity contribution in [2.75, 3.05) is 19.5 Å². The molecule has 1 amide bonds. The summed E-state index contributed by atoms with van der Waals surface area (Å²) in [6.45, 7) is 0. The molecule has 0 saturated carbocycles. The van der Waals surface area contributed by atoms with Gasteiger partial charge in [0.2, 0.25) is 0 Å². The Morgan fingerprint density at radius 2 is 1.96 bits per heavy atom. The number of carbonyl (C=O) groups is 1. The summed E-state index contributed by atoms with van der Waals surface area (Å²) in [4.78, 5) is 17.2. The summed E-state index contributed by atoms with van der Waals surface area (Å²) in [7, 11) is 3.19. The Morgan fingerprint density at radius 3 is 2.65 bits per heavy atom. The van der Waals surface area contributed by atoms with Gasteiger partial charge in [-0.3, -0.25) is 10.1 Å². The molecule has 0 atom stereocenters. The topological polar surface area (TPSA) is 60.5 Å². The first kappa shape index (κ1) is 15.5. The lowest BCUT2D eigenvalue weighted by molar-refractivity contribution is 0.103. The molecule has 0 unspecified atom stereocenters. The van der Waals surface area contributed by atoms with Gasteiger partial charge in [-0.05, 0) is 29.6 Å². The number of anilines is 1. The van der Waals surface area contributed by atoms with E-state index < -0.39 is 0 Å². The van der Waals surface area contributed by atoms with Crippen molar-refractivity contribution in [1.82, 2.24) is 4.98 Å². The van der Waals surface area contributed by atoms with Crippen LogP contribution in [-0.4, -0.2) is 25.1 Å². The van der Waals surface area contributed by atoms with E-state index in [1.807, 2.05) is 35.0 Å². The van der Waals surface area contributed by atoms with Crippen LogP contribution in [0.1, 0.15) is 9.67 Å². The van der Waals surface area contributed by atoms with E-state index in [-0.39, 0.29) is 5.91 Å². The highest BCUT2D eigenvalue weighted by Gasteiger charge is 2.12. The summed E-state index contributed by atoms with van der Waals surface area (Å²) in [6, 6.07) is 9.22. The molecule has 0 aliphatic rings. The maximum Gasteiger partial charge on any atom is 0.267 e. The van der Waals surface area contributed by atoms with Gasteiger partial charge in [0.05, 0.1) is 24.8 Å². The standard InChI is InChI=1S/C16H14N2O3S2/c1-20-12-6-5-10(8-13(12)21-2)11-9-23-16(17-11)18-15(19)14-4-3-7-22-14/h3-9H,1-2H3,(H,17,18,19). The van der Waals surface area contributed by atoms with E-state index in [1.165, 1.54) is 22.7 Å². The average molecular weight is 346 g/mol. The Bertz CT molecular complexity index is 813. The number of thiophene rings is 1. The molecule has 0 fully saturated rings. The van der Waals surface area contributed by atoms with Crippen LogP contribution in [0.3, 0.4) is 0 Å². The zero-order chi connectivity index (χ0) is 16.2. The van der Waals surface area contributed by atoms with Crippen molar-refractivity contribution in [3.05, 3.63) is 46.0 Å². The molecule has 118 valence electrons. The highest BCUT2D eigenvalue weighted by molar-refractivity contribution is 7.14. The van der Waals surface area contributed by atoms with Crippen LogP contribution in [0, 0.1) is 0 Å². The van der Waals surface area contributed by atoms with Gasteiger partial charge < -0.3 is 9.47 Å². The van der Waals surface area contributed by atoms with Gasteiger partial charge in [-0.25, -0.2) is 4.98 Å². The summed E-state index contributed by atoms with van der Waals surface area (Å²) >= 11 is 2.78. The van der Waals surface area contributed by atoms with Gasteiger partial charge in [0.1, 0.15) is 0 Å². The van der Waals surface area contributed by atoms with E-state index in [0.29, 0.717) is 21.5 Å². The number of rotatable bonds is 5. The average Bonchev–Trinajstić information content (AvgIpc) is 3.25. The minimum atomic E-state index is -0.145. The largest absolute Gasteiger partial charge is 0.493 e. The van der Waals surface area contributed by atoms with Crippen LogP contribution in [-0.2, 0) is 0 Å². The van der Waals surface area contributed by atoms with Crippen LogP contribution in [0.2, 0.25) is 0 Å². The van der Waals surface area contributed by atoms with Crippen molar-refractivity contribution in [2.45, 2.75) is 0 Å². The second kappa shape index (κ2) is 6.80. The highest BCUT2D eigenvalue weighted by Crippen LogP contribution is 2.33. The molecule has 23 heavy (non-hydrogen) atoms. The Kier molecular flexibility index (Phi) is 4.59. The molecule has 0 aliphatic heterocycles. The lowest BCUT2D eigenvalue weighted by Gasteiger charge is -2.08. The lowest BCUT2D eigenvalue weighted by atomic mass is 10.1. The first-order valence-electron chi connectivity index (χ1n) is 6.74. The molecule has 1 aromatic carbocycles. The van der Waals surface area contributed by atoms with Gasteiger partial charge in [-0.15, -0.1) is 22.7 Å². The van der Waals surface area contributed by atoms with Crippen molar-refractivity contribution < 1.29 is 14.3 Å². The number of thiazole rings is 1. The summed E-state index contributed by atoms with van der Waals surface area (Å²) in [6.07, 6.45) is 0. The molecular weight excluding hydrogens is 332 g/mol. The number of nitrogens with zero attached hydrogens (tertiary/aromatic N) is 1. The van der Waals surface area contributed by atoms with Crippen molar-refractivity contribution >= 4 is 33.7 Å². The third kappa shape index (κ3) is 3.35. The van der Waals surface area contributed by atoms with E-state index in [4.69, 9.17) is 9.47 Å². The summed E-state index contributed by atoms with van der Waals surface area (Å²) < 4.78 is 10.5. The molecule has 0 radical (unpaired) electrons. The minimum Gasteiger partial charge on any atom is -0.493 e. The molecule has 0 saturated heterocycles. The van der Waals surface area contributed by atoms with E-state index in [2.05, 4.69) is 10.3 Å². The predicted octanol–water partition coefficient (Wildman–Crippen LogP) is 4.14. The number of methoxy groups -OCH3 is 2. The summed E-state index contributed by atoms with van der Waals surface area (Å²) in [5, 5.41) is 7.13. The zero-order valence-corrected chi connectivity index (χ0v) is 14.2. The van der Waals surface area contributed by atoms with Crippen LogP contribution in [0.4, 0.5) is 5.13 Å². The summed E-state index contributed by atoms with van der Waals surface area (Å²) in [5.74, 6) is 1.16. The minimum absolute atomic E-state index is 0.145. The van der Waals surface area contributed by atoms with Crippen LogP contribution in [0.15, 0.2) is 41.1 Å². The van der Waals surface area contributed by atoms with Crippen LogP contribution in [0.25, 0.3) is 11.3 Å². The number of nitrogens with one attached hydrogen (secondary N) is 1. The molecule has 3 aromatic rings. The van der Waals surface area contributed by atoms with Crippen LogP contribution >= 0.6 is 22.7 Å². The second-order valence-corrected chi connectivity index (χ2v) is 6.34. The molecule has 2 heterocycles. The molecule has 0 spiro atoms. The number of aromatic nitrogens is 1. The van der Waals surface area contributed by atoms with Crippen molar-refractivity contribution in [3.8, 4) is 22.8 Å². The molecule has 0 bridgehead atoms. The van der Waals surface area contributed by atoms with Gasteiger partial charge in [0, 0.05) is 10.9 Å². The number of carbonyl (C=O) groups excluding carboxylic acids is 1. The first-order valence-corrected chi connectivity index (χ1v) is 8.50. The molecular formula is C16H14N2O3S2. The van der Waals surface area contributed by atoms with Crippen molar-refractivity contribution in [3.63, 3.8) is 0 Å². The summed E-state index contributed by atoms with van der Waals surface area (Å²) in [5.41, 5.74) is 1.67. The lowest BCUT2D eigenvalue weighted by Crippen LogP contribution is -2.09. The van der Waals surface area contributed by atoms with Gasteiger partial charge in [-0.2, -0.15) is 0 Å². The van der Waals surface area contributed by atoms with Gasteiger partial charge in [-0.1, -0.05) is 6.07 Å². The molecule has 7 heteroatoms. The number of benzene rings is 1. The molecule has 2 aromatic heterocycles. The normalized spacial score (nSPS) is 10.3. The number of hydrogen-bond acceptors (Lipinski definition) is 6. The number of hydrogen-bond donors (Lipinski definition) is 1. The number of amides is 1. The Hall–Kier alpha value is -2.38. The van der Waals surface area contributed by atoms with E-state index in [9.17, 15) is 4.79 Å². The maximum absolute atomic E-state index is 12.0. The van der Waals surface area contributed by atoms with Crippen LogP contribution < -0.4 is 14.8 Å². The fraction of sp³-hybridized carbons (Fsp3) is 0.125. The third-order valence-electron chi connectivity index (χ3n) is 3.15. The monoisotopic (exact) mass is 346 g/mol. The van der Waals surface area contributed by atoms with Gasteiger partial charge in [0.25, 0.3) is 5.91 Å². The third-order valence-corrected chi connectivity index (χ3v) is 4.78. The maximum atomic E-state index is 12.0. The van der Waals surface area contributed by atoms with Crippen LogP contribution in [0.5, 0.6) is 11.5 Å². The van der Waals surface area contributed by atoms with Crippen molar-refractivity contribution in [2.24, 2.45) is 0 Å². The number of ether oxygens (including phenoxy) is 2. The molecule has 5 nitrogen and oxygen atoms in total. The van der Waals surface area contributed by atoms with Gasteiger partial charge in [0.15, 0.2) is 16.6 Å². The first-order chi connectivity index (χ1) is 11.2. The molecule has 1 N–H and O–H groups in total. The fourth-order valence-electron chi connectivity index (χ4n) is 2.03. The Labute approximate surface area is 141 Å². The highest BCUT2D eigenvalue weighted by atomic mass is 32.1. The van der Waals surface area contributed by atoms with E-state index in [1.54, 1.807) is 20.3 Å². The van der Waals surface area contributed by atoms with E-state index >= 15 is 0 Å². The van der Waals surface area contributed by atoms with E-state index in [0.717, 1.165) is 11.3 Å². The zero-order valence-electron chi connectivity index (χ0n) is 12.5.